The summed E-state index contributed by atoms with van der Waals surface area (Å²) in [5.74, 6) is 0.606. The maximum Gasteiger partial charge on any atom is 0.224 e. The van der Waals surface area contributed by atoms with E-state index in [2.05, 4.69) is 37.9 Å². The van der Waals surface area contributed by atoms with Gasteiger partial charge in [-0.2, -0.15) is 0 Å². The lowest BCUT2D eigenvalue weighted by Gasteiger charge is -2.21. The van der Waals surface area contributed by atoms with E-state index in [-0.39, 0.29) is 5.91 Å². The monoisotopic (exact) mass is 215 g/mol. The highest BCUT2D eigenvalue weighted by atomic mass is 16.1. The minimum Gasteiger partial charge on any atom is -0.325 e. The van der Waals surface area contributed by atoms with Crippen LogP contribution < -0.4 is 5.32 Å². The first-order valence-corrected chi connectivity index (χ1v) is 5.71. The number of benzene rings is 1. The Kier molecular flexibility index (Phi) is 2.82. The molecule has 0 atom stereocenters. The van der Waals surface area contributed by atoms with Crippen LogP contribution in [-0.4, -0.2) is 5.91 Å². The van der Waals surface area contributed by atoms with Gasteiger partial charge in [0.1, 0.15) is 0 Å². The molecule has 1 aliphatic rings. The Morgan fingerprint density at radius 3 is 2.75 bits per heavy atom. The Morgan fingerprint density at radius 2 is 2.12 bits per heavy atom. The first-order valence-electron chi connectivity index (χ1n) is 5.71. The van der Waals surface area contributed by atoms with Gasteiger partial charge in [-0.1, -0.05) is 32.6 Å². The summed E-state index contributed by atoms with van der Waals surface area (Å²) in [6.45, 7) is 8.17. The first-order chi connectivity index (χ1) is 7.61. The summed E-state index contributed by atoms with van der Waals surface area (Å²) in [6.07, 6.45) is 3.24. The van der Waals surface area contributed by atoms with Crippen molar-refractivity contribution in [2.75, 3.05) is 5.32 Å². The van der Waals surface area contributed by atoms with Crippen molar-refractivity contribution < 1.29 is 4.79 Å². The second-order valence-corrected chi connectivity index (χ2v) is 4.55. The van der Waals surface area contributed by atoms with Crippen molar-refractivity contribution in [3.8, 4) is 0 Å². The number of rotatable bonds is 2. The van der Waals surface area contributed by atoms with E-state index in [0.717, 1.165) is 17.7 Å². The van der Waals surface area contributed by atoms with E-state index < -0.39 is 0 Å². The maximum absolute atomic E-state index is 11.4. The molecule has 2 rings (SSSR count). The molecule has 0 spiro atoms. The summed E-state index contributed by atoms with van der Waals surface area (Å²) in [5.41, 5.74) is 4.54. The molecule has 0 radical (unpaired) electrons. The van der Waals surface area contributed by atoms with Crippen LogP contribution in [0.4, 0.5) is 5.69 Å². The zero-order chi connectivity index (χ0) is 11.7. The maximum atomic E-state index is 11.4. The summed E-state index contributed by atoms with van der Waals surface area (Å²) >= 11 is 0. The smallest absolute Gasteiger partial charge is 0.224 e. The fourth-order valence-corrected chi connectivity index (χ4v) is 2.05. The molecule has 0 unspecified atom stereocenters. The van der Waals surface area contributed by atoms with Crippen molar-refractivity contribution in [2.45, 2.75) is 32.6 Å². The van der Waals surface area contributed by atoms with Crippen LogP contribution in [-0.2, 0) is 11.2 Å². The van der Waals surface area contributed by atoms with Gasteiger partial charge in [0.05, 0.1) is 5.69 Å². The van der Waals surface area contributed by atoms with Gasteiger partial charge in [-0.3, -0.25) is 4.79 Å². The van der Waals surface area contributed by atoms with Gasteiger partial charge in [-0.25, -0.2) is 0 Å². The number of amides is 1. The highest BCUT2D eigenvalue weighted by molar-refractivity contribution is 5.96. The van der Waals surface area contributed by atoms with Crippen LogP contribution in [0.5, 0.6) is 0 Å². The van der Waals surface area contributed by atoms with E-state index in [4.69, 9.17) is 0 Å². The molecule has 1 aromatic carbocycles. The minimum absolute atomic E-state index is 0.105. The van der Waals surface area contributed by atoms with Gasteiger partial charge < -0.3 is 5.32 Å². The van der Waals surface area contributed by atoms with E-state index in [0.29, 0.717) is 12.3 Å². The second kappa shape index (κ2) is 4.12. The van der Waals surface area contributed by atoms with E-state index in [1.165, 1.54) is 11.1 Å². The molecule has 0 saturated heterocycles. The van der Waals surface area contributed by atoms with Crippen LogP contribution >= 0.6 is 0 Å². The largest absolute Gasteiger partial charge is 0.325 e. The number of carbonyl (C=O) groups excluding carboxylic acids is 1. The Hall–Kier alpha value is -1.57. The molecule has 1 N–H and O–H groups in total. The zero-order valence-corrected chi connectivity index (χ0v) is 9.84. The number of carbonyl (C=O) groups is 1. The minimum atomic E-state index is 0.105. The molecule has 1 heterocycles. The fraction of sp³-hybridized carbons (Fsp3) is 0.357. The molecular weight excluding hydrogens is 198 g/mol. The van der Waals surface area contributed by atoms with Crippen molar-refractivity contribution in [1.29, 1.82) is 0 Å². The van der Waals surface area contributed by atoms with Crippen LogP contribution in [0, 0.1) is 0 Å². The molecule has 2 heteroatoms. The topological polar surface area (TPSA) is 29.1 Å². The van der Waals surface area contributed by atoms with E-state index in [1.807, 2.05) is 6.08 Å². The SMILES string of the molecule is C=Cc1cc(C(C)C)cc2c1NC(=O)CC2. The van der Waals surface area contributed by atoms with E-state index >= 15 is 0 Å². The summed E-state index contributed by atoms with van der Waals surface area (Å²) in [5, 5.41) is 2.94. The molecule has 0 aromatic heterocycles. The van der Waals surface area contributed by atoms with Crippen LogP contribution in [0.25, 0.3) is 6.08 Å². The number of hydrogen-bond acceptors (Lipinski definition) is 1. The van der Waals surface area contributed by atoms with Crippen molar-refractivity contribution in [3.05, 3.63) is 35.4 Å². The summed E-state index contributed by atoms with van der Waals surface area (Å²) in [7, 11) is 0. The van der Waals surface area contributed by atoms with Gasteiger partial charge in [0.25, 0.3) is 0 Å². The molecule has 1 aromatic rings. The third-order valence-corrected chi connectivity index (χ3v) is 3.05. The van der Waals surface area contributed by atoms with Gasteiger partial charge in [0.2, 0.25) is 5.91 Å². The Morgan fingerprint density at radius 1 is 1.38 bits per heavy atom. The molecule has 84 valence electrons. The molecule has 1 amide bonds. The second-order valence-electron chi connectivity index (χ2n) is 4.55. The lowest BCUT2D eigenvalue weighted by Crippen LogP contribution is -2.20. The van der Waals surface area contributed by atoms with Crippen molar-refractivity contribution in [2.24, 2.45) is 0 Å². The van der Waals surface area contributed by atoms with Crippen molar-refractivity contribution in [1.82, 2.24) is 0 Å². The van der Waals surface area contributed by atoms with Crippen LogP contribution in [0.15, 0.2) is 18.7 Å². The summed E-state index contributed by atoms with van der Waals surface area (Å²) < 4.78 is 0. The van der Waals surface area contributed by atoms with Crippen molar-refractivity contribution in [3.63, 3.8) is 0 Å². The number of hydrogen-bond donors (Lipinski definition) is 1. The van der Waals surface area contributed by atoms with E-state index in [1.54, 1.807) is 0 Å². The number of aryl methyl sites for hydroxylation is 1. The molecule has 2 nitrogen and oxygen atoms in total. The normalized spacial score (nSPS) is 14.6. The third-order valence-electron chi connectivity index (χ3n) is 3.05. The average Bonchev–Trinajstić information content (AvgIpc) is 2.27. The predicted octanol–water partition coefficient (Wildman–Crippen LogP) is 3.34. The fourth-order valence-electron chi connectivity index (χ4n) is 2.05. The standard InChI is InChI=1S/C14H17NO/c1-4-10-7-12(9(2)3)8-11-5-6-13(16)15-14(10)11/h4,7-9H,1,5-6H2,2-3H3,(H,15,16). The summed E-state index contributed by atoms with van der Waals surface area (Å²) in [4.78, 5) is 11.4. The number of anilines is 1. The van der Waals surface area contributed by atoms with Crippen LogP contribution in [0.3, 0.4) is 0 Å². The van der Waals surface area contributed by atoms with Gasteiger partial charge in [0, 0.05) is 6.42 Å². The Labute approximate surface area is 96.4 Å². The molecule has 0 saturated carbocycles. The molecular formula is C14H17NO. The van der Waals surface area contributed by atoms with Gasteiger partial charge in [-0.15, -0.1) is 0 Å². The third kappa shape index (κ3) is 1.87. The van der Waals surface area contributed by atoms with Gasteiger partial charge in [0.15, 0.2) is 0 Å². The van der Waals surface area contributed by atoms with Crippen LogP contribution in [0.2, 0.25) is 0 Å². The Bertz CT molecular complexity index is 446. The van der Waals surface area contributed by atoms with E-state index in [9.17, 15) is 4.79 Å². The zero-order valence-electron chi connectivity index (χ0n) is 9.84. The average molecular weight is 215 g/mol. The lowest BCUT2D eigenvalue weighted by molar-refractivity contribution is -0.116. The highest BCUT2D eigenvalue weighted by Gasteiger charge is 2.18. The first kappa shape index (κ1) is 10.9. The molecule has 1 aliphatic heterocycles. The van der Waals surface area contributed by atoms with Crippen LogP contribution in [0.1, 0.15) is 42.9 Å². The molecule has 0 aliphatic carbocycles. The molecule has 0 bridgehead atoms. The predicted molar refractivity (Wildman–Crippen MR) is 67.6 cm³/mol. The molecule has 16 heavy (non-hydrogen) atoms. The van der Waals surface area contributed by atoms with Crippen molar-refractivity contribution >= 4 is 17.7 Å². The number of fused-ring (bicyclic) bond motifs is 1. The van der Waals surface area contributed by atoms with Gasteiger partial charge >= 0.3 is 0 Å². The van der Waals surface area contributed by atoms with Gasteiger partial charge in [-0.05, 0) is 35.1 Å². The quantitative estimate of drug-likeness (QED) is 0.805. The highest BCUT2D eigenvalue weighted by Crippen LogP contribution is 2.31. The molecule has 0 fully saturated rings. The number of nitrogens with one attached hydrogen (secondary N) is 1. The summed E-state index contributed by atoms with van der Waals surface area (Å²) in [6, 6.07) is 4.31. The lowest BCUT2D eigenvalue weighted by atomic mass is 9.92. The Balaban J connectivity index is 2.54.